The van der Waals surface area contributed by atoms with Gasteiger partial charge in [-0.15, -0.1) is 0 Å². The molecular weight excluding hydrogens is 406 g/mol. The van der Waals surface area contributed by atoms with Gasteiger partial charge in [0.05, 0.1) is 17.5 Å². The summed E-state index contributed by atoms with van der Waals surface area (Å²) in [6.07, 6.45) is 2.20. The smallest absolute Gasteiger partial charge is 0.307 e. The fourth-order valence-electron chi connectivity index (χ4n) is 3.40. The summed E-state index contributed by atoms with van der Waals surface area (Å²) in [6.45, 7) is -0.0703. The van der Waals surface area contributed by atoms with Crippen LogP contribution in [0.15, 0.2) is 59.3 Å². The molecule has 3 N–H and O–H groups in total. The number of ether oxygens (including phenoxy) is 1. The van der Waals surface area contributed by atoms with Crippen molar-refractivity contribution in [1.29, 1.82) is 0 Å². The highest BCUT2D eigenvalue weighted by atomic mass is 19.1. The van der Waals surface area contributed by atoms with E-state index < -0.39 is 17.6 Å². The van der Waals surface area contributed by atoms with Gasteiger partial charge >= 0.3 is 5.97 Å². The van der Waals surface area contributed by atoms with E-state index >= 15 is 0 Å². The van der Waals surface area contributed by atoms with E-state index in [0.29, 0.717) is 22.4 Å². The predicted octanol–water partition coefficient (Wildman–Crippen LogP) is 4.44. The van der Waals surface area contributed by atoms with Gasteiger partial charge in [-0.25, -0.2) is 8.78 Å². The highest BCUT2D eigenvalue weighted by Gasteiger charge is 2.18. The van der Waals surface area contributed by atoms with Gasteiger partial charge in [0.25, 0.3) is 0 Å². The highest BCUT2D eigenvalue weighted by molar-refractivity contribution is 5.93. The van der Waals surface area contributed by atoms with Crippen LogP contribution in [0, 0.1) is 11.6 Å². The molecule has 2 aromatic heterocycles. The van der Waals surface area contributed by atoms with Crippen molar-refractivity contribution in [3.63, 3.8) is 0 Å². The molecule has 6 nitrogen and oxygen atoms in total. The lowest BCUT2D eigenvalue weighted by Gasteiger charge is -2.12. The Bertz CT molecular complexity index is 1270. The van der Waals surface area contributed by atoms with Gasteiger partial charge in [-0.3, -0.25) is 9.78 Å². The number of fused-ring (bicyclic) bond motifs is 1. The molecule has 0 saturated heterocycles. The number of hydrogen-bond acceptors (Lipinski definition) is 5. The number of rotatable bonds is 7. The minimum atomic E-state index is -0.982. The minimum Gasteiger partial charge on any atom is -0.489 e. The molecule has 0 spiro atoms. The second-order valence-electron chi connectivity index (χ2n) is 6.89. The number of nitrogens with two attached hydrogens (primary N) is 1. The molecule has 4 aromatic rings. The summed E-state index contributed by atoms with van der Waals surface area (Å²) in [5.41, 5.74) is 7.43. The monoisotopic (exact) mass is 424 g/mol. The molecular formula is C23H18F2N2O4. The first-order valence-corrected chi connectivity index (χ1v) is 9.44. The number of furan rings is 1. The number of carboxylic acids is 1. The van der Waals surface area contributed by atoms with Gasteiger partial charge < -0.3 is 20.0 Å². The number of aromatic nitrogens is 1. The van der Waals surface area contributed by atoms with Crippen LogP contribution >= 0.6 is 0 Å². The second-order valence-corrected chi connectivity index (χ2v) is 6.89. The number of carbonyl (C=O) groups is 1. The largest absolute Gasteiger partial charge is 0.489 e. The molecule has 0 aliphatic heterocycles. The second kappa shape index (κ2) is 8.53. The first-order chi connectivity index (χ1) is 15.0. The molecule has 0 saturated carbocycles. The van der Waals surface area contributed by atoms with Crippen LogP contribution in [0.3, 0.4) is 0 Å². The van der Waals surface area contributed by atoms with Gasteiger partial charge in [-0.1, -0.05) is 18.2 Å². The summed E-state index contributed by atoms with van der Waals surface area (Å²) in [5, 5.41) is 9.26. The minimum absolute atomic E-state index is 0.0145. The lowest BCUT2D eigenvalue weighted by molar-refractivity contribution is -0.136. The number of pyridine rings is 1. The quantitative estimate of drug-likeness (QED) is 0.455. The number of hydrogen-bond donors (Lipinski definition) is 2. The van der Waals surface area contributed by atoms with Crippen LogP contribution < -0.4 is 10.5 Å². The summed E-state index contributed by atoms with van der Waals surface area (Å²) < 4.78 is 40.4. The van der Waals surface area contributed by atoms with Crippen LogP contribution in [0.2, 0.25) is 0 Å². The van der Waals surface area contributed by atoms with Crippen molar-refractivity contribution in [2.24, 2.45) is 5.73 Å². The van der Waals surface area contributed by atoms with Crippen molar-refractivity contribution in [2.75, 3.05) is 0 Å². The van der Waals surface area contributed by atoms with Gasteiger partial charge in [-0.05, 0) is 29.8 Å². The van der Waals surface area contributed by atoms with E-state index in [1.54, 1.807) is 36.4 Å². The van der Waals surface area contributed by atoms with E-state index in [4.69, 9.17) is 20.0 Å². The van der Waals surface area contributed by atoms with E-state index in [1.165, 1.54) is 12.3 Å². The third-order valence-corrected chi connectivity index (χ3v) is 4.84. The predicted molar refractivity (Wildman–Crippen MR) is 109 cm³/mol. The number of aliphatic carboxylic acids is 1. The molecule has 0 atom stereocenters. The van der Waals surface area contributed by atoms with Crippen molar-refractivity contribution in [3.05, 3.63) is 83.4 Å². The average molecular weight is 424 g/mol. The topological polar surface area (TPSA) is 98.6 Å². The number of nitrogens with zero attached hydrogens (tertiary/aromatic N) is 1. The average Bonchev–Trinajstić information content (AvgIpc) is 3.13. The van der Waals surface area contributed by atoms with Gasteiger partial charge in [0.2, 0.25) is 0 Å². The van der Waals surface area contributed by atoms with E-state index in [-0.39, 0.29) is 41.8 Å². The molecule has 2 heterocycles. The Labute approximate surface area is 175 Å². The molecule has 0 radical (unpaired) electrons. The molecule has 8 heteroatoms. The Morgan fingerprint density at radius 1 is 1.16 bits per heavy atom. The summed E-state index contributed by atoms with van der Waals surface area (Å²) in [4.78, 5) is 15.0. The third-order valence-electron chi connectivity index (χ3n) is 4.84. The maximum Gasteiger partial charge on any atom is 0.307 e. The van der Waals surface area contributed by atoms with Gasteiger partial charge in [0.1, 0.15) is 24.2 Å². The van der Waals surface area contributed by atoms with Crippen molar-refractivity contribution >= 4 is 16.9 Å². The fourth-order valence-corrected chi connectivity index (χ4v) is 3.40. The van der Waals surface area contributed by atoms with Crippen molar-refractivity contribution in [3.8, 4) is 16.9 Å². The maximum atomic E-state index is 14.9. The molecule has 2 aromatic carbocycles. The highest BCUT2D eigenvalue weighted by Crippen LogP contribution is 2.35. The molecule has 0 aliphatic carbocycles. The normalized spacial score (nSPS) is 11.1. The lowest BCUT2D eigenvalue weighted by Crippen LogP contribution is -2.05. The Kier molecular flexibility index (Phi) is 5.64. The van der Waals surface area contributed by atoms with Gasteiger partial charge in [-0.2, -0.15) is 0 Å². The zero-order valence-corrected chi connectivity index (χ0v) is 16.3. The molecule has 0 fully saturated rings. The Hall–Kier alpha value is -3.78. The molecule has 31 heavy (non-hydrogen) atoms. The fraction of sp³-hybridized carbons (Fsp3) is 0.130. The third kappa shape index (κ3) is 4.10. The molecule has 4 rings (SSSR count). The Morgan fingerprint density at radius 3 is 2.74 bits per heavy atom. The summed E-state index contributed by atoms with van der Waals surface area (Å²) in [6, 6.07) is 11.4. The standard InChI is InChI=1S/C23H18F2N2O4/c24-18-12-31-23-16(15-5-6-27-19(10-26)22(15)25)7-13(8-17(18)23)11-30-20-4-2-1-3-14(20)9-21(28)29/h1-8,12H,9-11,26H2,(H,28,29). The summed E-state index contributed by atoms with van der Waals surface area (Å²) in [5.74, 6) is -1.77. The van der Waals surface area contributed by atoms with Crippen LogP contribution in [-0.4, -0.2) is 16.1 Å². The SMILES string of the molecule is NCc1nccc(-c2cc(COc3ccccc3CC(=O)O)cc3c(F)coc23)c1F. The number of halogens is 2. The van der Waals surface area contributed by atoms with E-state index in [0.717, 1.165) is 6.26 Å². The number of carboxylic acid groups (broad SMARTS) is 1. The van der Waals surface area contributed by atoms with Crippen molar-refractivity contribution in [1.82, 2.24) is 4.98 Å². The van der Waals surface area contributed by atoms with Crippen LogP contribution in [0.4, 0.5) is 8.78 Å². The molecule has 0 aliphatic rings. The van der Waals surface area contributed by atoms with E-state index in [2.05, 4.69) is 4.98 Å². The van der Waals surface area contributed by atoms with Crippen LogP contribution in [0.25, 0.3) is 22.1 Å². The zero-order chi connectivity index (χ0) is 22.0. The van der Waals surface area contributed by atoms with Crippen molar-refractivity contribution in [2.45, 2.75) is 19.6 Å². The lowest BCUT2D eigenvalue weighted by atomic mass is 10.00. The van der Waals surface area contributed by atoms with Crippen molar-refractivity contribution < 1.29 is 27.8 Å². The summed E-state index contributed by atoms with van der Waals surface area (Å²) in [7, 11) is 0. The molecule has 0 unspecified atom stereocenters. The van der Waals surface area contributed by atoms with Gasteiger partial charge in [0.15, 0.2) is 11.6 Å². The van der Waals surface area contributed by atoms with Crippen LogP contribution in [-0.2, 0) is 24.4 Å². The van der Waals surface area contributed by atoms with Crippen LogP contribution in [0.5, 0.6) is 5.75 Å². The number of benzene rings is 2. The van der Waals surface area contributed by atoms with Crippen LogP contribution in [0.1, 0.15) is 16.8 Å². The van der Waals surface area contributed by atoms with E-state index in [1.807, 2.05) is 0 Å². The maximum absolute atomic E-state index is 14.9. The van der Waals surface area contributed by atoms with Gasteiger partial charge in [0, 0.05) is 29.4 Å². The summed E-state index contributed by atoms with van der Waals surface area (Å²) >= 11 is 0. The molecule has 158 valence electrons. The Balaban J connectivity index is 1.74. The molecule has 0 amide bonds. The zero-order valence-electron chi connectivity index (χ0n) is 16.3. The Morgan fingerprint density at radius 2 is 1.97 bits per heavy atom. The van der Waals surface area contributed by atoms with E-state index in [9.17, 15) is 13.6 Å². The molecule has 0 bridgehead atoms. The first kappa shape index (κ1) is 20.5. The number of para-hydroxylation sites is 1. The first-order valence-electron chi connectivity index (χ1n) is 9.44.